The highest BCUT2D eigenvalue weighted by Gasteiger charge is 2.27. The number of hydrogen-bond donors (Lipinski definition) is 1. The lowest BCUT2D eigenvalue weighted by molar-refractivity contribution is 0.740. The van der Waals surface area contributed by atoms with Crippen molar-refractivity contribution in [3.05, 3.63) is 56.3 Å². The Hall–Kier alpha value is -2.27. The van der Waals surface area contributed by atoms with Crippen LogP contribution in [0, 0.1) is 20.8 Å². The molecule has 0 bridgehead atoms. The lowest BCUT2D eigenvalue weighted by Gasteiger charge is -2.30. The summed E-state index contributed by atoms with van der Waals surface area (Å²) in [5, 5.41) is 10.9. The zero-order valence-electron chi connectivity index (χ0n) is 18.3. The van der Waals surface area contributed by atoms with Crippen LogP contribution in [-0.2, 0) is 26.4 Å². The van der Waals surface area contributed by atoms with E-state index in [2.05, 4.69) is 68.5 Å². The number of hydrogen-bond acceptors (Lipinski definition) is 4. The lowest BCUT2D eigenvalue weighted by atomic mass is 10.0. The standard InChI is InChI=1S/C24H32N4S/c1-6-8-19-10-12-29-21(19)15-25-23-20-9-7-11-28(24(20)26-27(23)5)22-17(3)13-16(2)14-18(22)4/h10,12-14,25H,6-9,11,15H2,1-5H3. The molecule has 0 fully saturated rings. The number of rotatable bonds is 6. The van der Waals surface area contributed by atoms with E-state index in [1.165, 1.54) is 50.6 Å². The van der Waals surface area contributed by atoms with E-state index in [9.17, 15) is 0 Å². The minimum atomic E-state index is 0.877. The van der Waals surface area contributed by atoms with E-state index in [0.29, 0.717) is 0 Å². The number of benzene rings is 1. The number of nitrogens with zero attached hydrogens (tertiary/aromatic N) is 3. The highest BCUT2D eigenvalue weighted by molar-refractivity contribution is 7.10. The highest BCUT2D eigenvalue weighted by Crippen LogP contribution is 2.39. The molecule has 154 valence electrons. The summed E-state index contributed by atoms with van der Waals surface area (Å²) < 4.78 is 2.04. The van der Waals surface area contributed by atoms with Crippen molar-refractivity contribution in [1.82, 2.24) is 9.78 Å². The number of fused-ring (bicyclic) bond motifs is 1. The van der Waals surface area contributed by atoms with Crippen molar-refractivity contribution in [1.29, 1.82) is 0 Å². The zero-order chi connectivity index (χ0) is 20.5. The van der Waals surface area contributed by atoms with Crippen LogP contribution in [0.2, 0.25) is 0 Å². The fraction of sp³-hybridized carbons (Fsp3) is 0.458. The van der Waals surface area contributed by atoms with Crippen LogP contribution in [0.1, 0.15) is 52.5 Å². The summed E-state index contributed by atoms with van der Waals surface area (Å²) in [6, 6.07) is 6.84. The molecular weight excluding hydrogens is 376 g/mol. The molecule has 0 radical (unpaired) electrons. The van der Waals surface area contributed by atoms with Crippen molar-refractivity contribution in [3.8, 4) is 0 Å². The maximum atomic E-state index is 4.96. The summed E-state index contributed by atoms with van der Waals surface area (Å²) in [6.07, 6.45) is 4.58. The molecule has 0 amide bonds. The van der Waals surface area contributed by atoms with Crippen molar-refractivity contribution < 1.29 is 0 Å². The molecule has 1 aliphatic rings. The Kier molecular flexibility index (Phi) is 5.68. The molecule has 0 aliphatic carbocycles. The van der Waals surface area contributed by atoms with Gasteiger partial charge in [0.1, 0.15) is 5.82 Å². The Morgan fingerprint density at radius 3 is 2.66 bits per heavy atom. The Labute approximate surface area is 178 Å². The second-order valence-electron chi connectivity index (χ2n) is 8.25. The van der Waals surface area contributed by atoms with Crippen LogP contribution in [0.5, 0.6) is 0 Å². The fourth-order valence-electron chi connectivity index (χ4n) is 4.74. The monoisotopic (exact) mass is 408 g/mol. The van der Waals surface area contributed by atoms with Gasteiger partial charge in [-0.3, -0.25) is 4.68 Å². The molecule has 4 nitrogen and oxygen atoms in total. The van der Waals surface area contributed by atoms with E-state index in [1.807, 2.05) is 16.0 Å². The SMILES string of the molecule is CCCc1ccsc1CNc1c2c(nn1C)N(c1c(C)cc(C)cc1C)CCC2. The van der Waals surface area contributed by atoms with E-state index >= 15 is 0 Å². The molecule has 2 aromatic heterocycles. The fourth-order valence-corrected chi connectivity index (χ4v) is 5.61. The van der Waals surface area contributed by atoms with Crippen molar-refractivity contribution in [3.63, 3.8) is 0 Å². The first-order valence-corrected chi connectivity index (χ1v) is 11.6. The summed E-state index contributed by atoms with van der Waals surface area (Å²) in [6.45, 7) is 10.8. The lowest BCUT2D eigenvalue weighted by Crippen LogP contribution is -2.26. The molecule has 1 N–H and O–H groups in total. The van der Waals surface area contributed by atoms with Gasteiger partial charge >= 0.3 is 0 Å². The maximum absolute atomic E-state index is 4.96. The average molecular weight is 409 g/mol. The van der Waals surface area contributed by atoms with Crippen LogP contribution in [0.4, 0.5) is 17.3 Å². The number of anilines is 3. The van der Waals surface area contributed by atoms with Gasteiger partial charge < -0.3 is 10.2 Å². The van der Waals surface area contributed by atoms with E-state index in [4.69, 9.17) is 5.10 Å². The molecule has 0 atom stereocenters. The zero-order valence-corrected chi connectivity index (χ0v) is 19.1. The molecule has 4 rings (SSSR count). The van der Waals surface area contributed by atoms with Crippen LogP contribution in [0.15, 0.2) is 23.6 Å². The van der Waals surface area contributed by atoms with Crippen molar-refractivity contribution >= 4 is 28.7 Å². The smallest absolute Gasteiger partial charge is 0.160 e. The Balaban J connectivity index is 1.64. The van der Waals surface area contributed by atoms with Gasteiger partial charge in [0.2, 0.25) is 0 Å². The first-order valence-electron chi connectivity index (χ1n) is 10.7. The minimum absolute atomic E-state index is 0.877. The summed E-state index contributed by atoms with van der Waals surface area (Å²) in [7, 11) is 2.06. The molecule has 29 heavy (non-hydrogen) atoms. The van der Waals surface area contributed by atoms with Gasteiger partial charge in [0.25, 0.3) is 0 Å². The van der Waals surface area contributed by atoms with Crippen molar-refractivity contribution in [2.75, 3.05) is 16.8 Å². The van der Waals surface area contributed by atoms with Crippen molar-refractivity contribution in [2.24, 2.45) is 7.05 Å². The van der Waals surface area contributed by atoms with Gasteiger partial charge in [0.15, 0.2) is 5.82 Å². The van der Waals surface area contributed by atoms with Gasteiger partial charge in [-0.1, -0.05) is 31.0 Å². The minimum Gasteiger partial charge on any atom is -0.365 e. The highest BCUT2D eigenvalue weighted by atomic mass is 32.1. The summed E-state index contributed by atoms with van der Waals surface area (Å²) >= 11 is 1.85. The van der Waals surface area contributed by atoms with Crippen LogP contribution in [0.25, 0.3) is 0 Å². The molecule has 1 aromatic carbocycles. The predicted molar refractivity (Wildman–Crippen MR) is 125 cm³/mol. The quantitative estimate of drug-likeness (QED) is 0.538. The first kappa shape index (κ1) is 20.0. The average Bonchev–Trinajstić information content (AvgIpc) is 3.23. The van der Waals surface area contributed by atoms with Gasteiger partial charge in [-0.05, 0) is 68.2 Å². The molecule has 0 spiro atoms. The molecule has 0 saturated carbocycles. The van der Waals surface area contributed by atoms with E-state index in [0.717, 1.165) is 38.2 Å². The van der Waals surface area contributed by atoms with Gasteiger partial charge in [-0.25, -0.2) is 0 Å². The molecular formula is C24H32N4S. The third-order valence-electron chi connectivity index (χ3n) is 5.87. The molecule has 3 heterocycles. The second-order valence-corrected chi connectivity index (χ2v) is 9.25. The topological polar surface area (TPSA) is 33.1 Å². The Morgan fingerprint density at radius 2 is 1.93 bits per heavy atom. The number of thiophene rings is 1. The van der Waals surface area contributed by atoms with Gasteiger partial charge in [-0.2, -0.15) is 5.10 Å². The largest absolute Gasteiger partial charge is 0.365 e. The molecule has 0 saturated heterocycles. The Bertz CT molecular complexity index is 991. The van der Waals surface area contributed by atoms with Crippen LogP contribution >= 0.6 is 11.3 Å². The Morgan fingerprint density at radius 1 is 1.17 bits per heavy atom. The van der Waals surface area contributed by atoms with Crippen molar-refractivity contribution in [2.45, 2.75) is 59.9 Å². The molecule has 0 unspecified atom stereocenters. The summed E-state index contributed by atoms with van der Waals surface area (Å²) in [5.41, 5.74) is 8.14. The van der Waals surface area contributed by atoms with Crippen LogP contribution in [0.3, 0.4) is 0 Å². The molecule has 1 aliphatic heterocycles. The summed E-state index contributed by atoms with van der Waals surface area (Å²) in [4.78, 5) is 3.88. The van der Waals surface area contributed by atoms with Gasteiger partial charge in [0, 0.05) is 29.7 Å². The summed E-state index contributed by atoms with van der Waals surface area (Å²) in [5.74, 6) is 2.29. The third-order valence-corrected chi connectivity index (χ3v) is 6.83. The number of nitrogens with one attached hydrogen (secondary N) is 1. The number of aromatic nitrogens is 2. The maximum Gasteiger partial charge on any atom is 0.160 e. The van der Waals surface area contributed by atoms with E-state index in [-0.39, 0.29) is 0 Å². The molecule has 5 heteroatoms. The van der Waals surface area contributed by atoms with E-state index in [1.54, 1.807) is 0 Å². The van der Waals surface area contributed by atoms with Crippen LogP contribution in [-0.4, -0.2) is 16.3 Å². The second kappa shape index (κ2) is 8.23. The third kappa shape index (κ3) is 3.80. The van der Waals surface area contributed by atoms with Crippen LogP contribution < -0.4 is 10.2 Å². The van der Waals surface area contributed by atoms with Gasteiger partial charge in [0.05, 0.1) is 6.54 Å². The first-order chi connectivity index (χ1) is 14.0. The molecule has 3 aromatic rings. The van der Waals surface area contributed by atoms with E-state index < -0.39 is 0 Å². The number of aryl methyl sites for hydroxylation is 5. The predicted octanol–water partition coefficient (Wildman–Crippen LogP) is 6.06. The normalized spacial score (nSPS) is 13.6. The van der Waals surface area contributed by atoms with Gasteiger partial charge in [-0.15, -0.1) is 11.3 Å².